The van der Waals surface area contributed by atoms with Crippen molar-refractivity contribution in [2.45, 2.75) is 5.75 Å². The van der Waals surface area contributed by atoms with Crippen LogP contribution in [0.5, 0.6) is 0 Å². The molecule has 0 aliphatic carbocycles. The van der Waals surface area contributed by atoms with Gasteiger partial charge in [0.25, 0.3) is 0 Å². The summed E-state index contributed by atoms with van der Waals surface area (Å²) in [5.74, 6) is 1.01. The van der Waals surface area contributed by atoms with Crippen molar-refractivity contribution >= 4 is 62.5 Å². The molecule has 1 N–H and O–H groups in total. The fourth-order valence-electron chi connectivity index (χ4n) is 1.65. The molecule has 1 amide bonds. The predicted molar refractivity (Wildman–Crippen MR) is 95.4 cm³/mol. The number of amides is 1. The SMILES string of the molecule is O=C(CSCc1ccccc1Br)Nc1cc(Cl)ccc1Cl. The number of rotatable bonds is 5. The molecule has 2 aromatic rings. The molecule has 0 aliphatic heterocycles. The summed E-state index contributed by atoms with van der Waals surface area (Å²) in [5, 5.41) is 3.78. The van der Waals surface area contributed by atoms with Crippen LogP contribution < -0.4 is 5.32 Å². The zero-order valence-electron chi connectivity index (χ0n) is 10.9. The van der Waals surface area contributed by atoms with E-state index in [0.717, 1.165) is 15.8 Å². The minimum absolute atomic E-state index is 0.101. The Hall–Kier alpha value is -0.680. The molecular weight excluding hydrogens is 393 g/mol. The minimum Gasteiger partial charge on any atom is -0.324 e. The quantitative estimate of drug-likeness (QED) is 0.699. The van der Waals surface area contributed by atoms with Crippen LogP contribution in [0.1, 0.15) is 5.56 Å². The molecule has 6 heteroatoms. The average molecular weight is 405 g/mol. The lowest BCUT2D eigenvalue weighted by molar-refractivity contribution is -0.113. The van der Waals surface area contributed by atoms with Gasteiger partial charge in [-0.05, 0) is 29.8 Å². The molecule has 0 aliphatic rings. The van der Waals surface area contributed by atoms with Crippen molar-refractivity contribution < 1.29 is 4.79 Å². The number of hydrogen-bond acceptors (Lipinski definition) is 2. The average Bonchev–Trinajstić information content (AvgIpc) is 2.45. The van der Waals surface area contributed by atoms with E-state index < -0.39 is 0 Å². The predicted octanol–water partition coefficient (Wildman–Crippen LogP) is 5.63. The maximum absolute atomic E-state index is 11.9. The molecule has 0 bridgehead atoms. The molecule has 2 nitrogen and oxygen atoms in total. The summed E-state index contributed by atoms with van der Waals surface area (Å²) < 4.78 is 1.05. The smallest absolute Gasteiger partial charge is 0.234 e. The summed E-state index contributed by atoms with van der Waals surface area (Å²) in [5.41, 5.74) is 1.70. The highest BCUT2D eigenvalue weighted by Crippen LogP contribution is 2.26. The van der Waals surface area contributed by atoms with Gasteiger partial charge >= 0.3 is 0 Å². The van der Waals surface area contributed by atoms with Crippen LogP contribution in [-0.4, -0.2) is 11.7 Å². The van der Waals surface area contributed by atoms with Gasteiger partial charge in [-0.1, -0.05) is 57.3 Å². The van der Waals surface area contributed by atoms with Crippen LogP contribution in [0.2, 0.25) is 10.0 Å². The maximum atomic E-state index is 11.9. The zero-order valence-corrected chi connectivity index (χ0v) is 14.8. The van der Waals surface area contributed by atoms with Crippen molar-refractivity contribution in [3.8, 4) is 0 Å². The summed E-state index contributed by atoms with van der Waals surface area (Å²) in [6.07, 6.45) is 0. The van der Waals surface area contributed by atoms with Gasteiger partial charge in [0.2, 0.25) is 5.91 Å². The second-order valence-electron chi connectivity index (χ2n) is 4.26. The van der Waals surface area contributed by atoms with Crippen molar-refractivity contribution in [1.29, 1.82) is 0 Å². The van der Waals surface area contributed by atoms with Gasteiger partial charge in [0, 0.05) is 15.2 Å². The molecule has 0 aromatic heterocycles. The zero-order chi connectivity index (χ0) is 15.2. The highest BCUT2D eigenvalue weighted by atomic mass is 79.9. The minimum atomic E-state index is -0.101. The second kappa shape index (κ2) is 8.08. The third kappa shape index (κ3) is 5.22. The Morgan fingerprint density at radius 3 is 2.71 bits per heavy atom. The lowest BCUT2D eigenvalue weighted by atomic mass is 10.2. The van der Waals surface area contributed by atoms with Gasteiger partial charge in [0.1, 0.15) is 0 Å². The van der Waals surface area contributed by atoms with Gasteiger partial charge in [-0.15, -0.1) is 11.8 Å². The van der Waals surface area contributed by atoms with Crippen molar-refractivity contribution in [2.75, 3.05) is 11.1 Å². The maximum Gasteiger partial charge on any atom is 0.234 e. The van der Waals surface area contributed by atoms with E-state index in [1.165, 1.54) is 11.8 Å². The number of halogens is 3. The summed E-state index contributed by atoms with van der Waals surface area (Å²) >= 11 is 16.9. The Bertz CT molecular complexity index is 651. The summed E-state index contributed by atoms with van der Waals surface area (Å²) in [6.45, 7) is 0. The van der Waals surface area contributed by atoms with Crippen LogP contribution >= 0.6 is 50.9 Å². The summed E-state index contributed by atoms with van der Waals surface area (Å²) in [7, 11) is 0. The first kappa shape index (κ1) is 16.7. The molecule has 0 radical (unpaired) electrons. The van der Waals surface area contributed by atoms with Crippen molar-refractivity contribution in [1.82, 2.24) is 0 Å². The summed E-state index contributed by atoms with van der Waals surface area (Å²) in [4.78, 5) is 11.9. The van der Waals surface area contributed by atoms with E-state index in [2.05, 4.69) is 21.2 Å². The monoisotopic (exact) mass is 403 g/mol. The third-order valence-electron chi connectivity index (χ3n) is 2.65. The van der Waals surface area contributed by atoms with Crippen molar-refractivity contribution in [3.63, 3.8) is 0 Å². The van der Waals surface area contributed by atoms with Gasteiger partial charge in [-0.25, -0.2) is 0 Å². The molecule has 0 atom stereocenters. The standard InChI is InChI=1S/C15H12BrCl2NOS/c16-12-4-2-1-3-10(12)8-21-9-15(20)19-14-7-11(17)5-6-13(14)18/h1-7H,8-9H2,(H,19,20). The molecule has 2 rings (SSSR count). The second-order valence-corrected chi connectivity index (χ2v) is 6.94. The Labute approximate surface area is 146 Å². The Balaban J connectivity index is 1.85. The molecule has 0 heterocycles. The molecule has 21 heavy (non-hydrogen) atoms. The topological polar surface area (TPSA) is 29.1 Å². The highest BCUT2D eigenvalue weighted by molar-refractivity contribution is 9.10. The fraction of sp³-hybridized carbons (Fsp3) is 0.133. The van der Waals surface area contributed by atoms with E-state index in [1.807, 2.05) is 24.3 Å². The van der Waals surface area contributed by atoms with E-state index >= 15 is 0 Å². The molecule has 0 spiro atoms. The van der Waals surface area contributed by atoms with Gasteiger partial charge in [0.05, 0.1) is 16.5 Å². The lowest BCUT2D eigenvalue weighted by Crippen LogP contribution is -2.14. The van der Waals surface area contributed by atoms with Crippen LogP contribution in [0.4, 0.5) is 5.69 Å². The van der Waals surface area contributed by atoms with Crippen molar-refractivity contribution in [3.05, 3.63) is 62.5 Å². The lowest BCUT2D eigenvalue weighted by Gasteiger charge is -2.08. The third-order valence-corrected chi connectivity index (χ3v) is 4.97. The number of benzene rings is 2. The number of carbonyl (C=O) groups is 1. The Kier molecular flexibility index (Phi) is 6.42. The number of thioether (sulfide) groups is 1. The molecule has 2 aromatic carbocycles. The molecular formula is C15H12BrCl2NOS. The van der Waals surface area contributed by atoms with Gasteiger partial charge in [-0.2, -0.15) is 0 Å². The Morgan fingerprint density at radius 1 is 1.19 bits per heavy atom. The first-order valence-corrected chi connectivity index (χ1v) is 8.82. The first-order valence-electron chi connectivity index (χ1n) is 6.12. The molecule has 0 unspecified atom stereocenters. The molecule has 0 fully saturated rings. The van der Waals surface area contributed by atoms with Gasteiger partial charge in [0.15, 0.2) is 0 Å². The van der Waals surface area contributed by atoms with Gasteiger partial charge < -0.3 is 5.32 Å². The van der Waals surface area contributed by atoms with Crippen LogP contribution in [0.25, 0.3) is 0 Å². The van der Waals surface area contributed by atoms with E-state index in [9.17, 15) is 4.79 Å². The number of carbonyl (C=O) groups excluding carboxylic acids is 1. The van der Waals surface area contributed by atoms with Crippen LogP contribution in [0.15, 0.2) is 46.9 Å². The van der Waals surface area contributed by atoms with Crippen LogP contribution in [0.3, 0.4) is 0 Å². The molecule has 110 valence electrons. The number of anilines is 1. The van der Waals surface area contributed by atoms with E-state index in [-0.39, 0.29) is 5.91 Å². The van der Waals surface area contributed by atoms with E-state index in [1.54, 1.807) is 18.2 Å². The van der Waals surface area contributed by atoms with Crippen LogP contribution in [0, 0.1) is 0 Å². The first-order chi connectivity index (χ1) is 10.1. The normalized spacial score (nSPS) is 10.4. The largest absolute Gasteiger partial charge is 0.324 e. The fourth-order valence-corrected chi connectivity index (χ4v) is 3.43. The molecule has 0 saturated heterocycles. The molecule has 0 saturated carbocycles. The van der Waals surface area contributed by atoms with E-state index in [0.29, 0.717) is 21.5 Å². The summed E-state index contributed by atoms with van der Waals surface area (Å²) in [6, 6.07) is 12.9. The van der Waals surface area contributed by atoms with Crippen LogP contribution in [-0.2, 0) is 10.5 Å². The number of hydrogen-bond donors (Lipinski definition) is 1. The highest BCUT2D eigenvalue weighted by Gasteiger charge is 2.07. The Morgan fingerprint density at radius 2 is 1.95 bits per heavy atom. The number of nitrogens with one attached hydrogen (secondary N) is 1. The van der Waals surface area contributed by atoms with E-state index in [4.69, 9.17) is 23.2 Å². The van der Waals surface area contributed by atoms with Gasteiger partial charge in [-0.3, -0.25) is 4.79 Å². The van der Waals surface area contributed by atoms with Crippen molar-refractivity contribution in [2.24, 2.45) is 0 Å².